The lowest BCUT2D eigenvalue weighted by Gasteiger charge is -2.24. The minimum atomic E-state index is -0.773. The number of nitrogens with one attached hydrogen (secondary N) is 1. The lowest BCUT2D eigenvalue weighted by Crippen LogP contribution is -2.41. The molecule has 6 nitrogen and oxygen atoms in total. The smallest absolute Gasteiger partial charge is 0.306 e. The third kappa shape index (κ3) is 17.9. The average Bonchev–Trinajstić information content (AvgIpc) is 3.24. The minimum Gasteiger partial charge on any atom is -0.481 e. The van der Waals surface area contributed by atoms with Crippen molar-refractivity contribution in [3.8, 4) is 0 Å². The van der Waals surface area contributed by atoms with Gasteiger partial charge in [0.05, 0.1) is 5.92 Å². The van der Waals surface area contributed by atoms with Crippen molar-refractivity contribution in [3.05, 3.63) is 97.0 Å². The maximum Gasteiger partial charge on any atom is 0.306 e. The fourth-order valence-corrected chi connectivity index (χ4v) is 3.99. The molecule has 4 atom stereocenters. The molecule has 0 aliphatic heterocycles. The third-order valence-corrected chi connectivity index (χ3v) is 6.75. The van der Waals surface area contributed by atoms with E-state index >= 15 is 0 Å². The molecule has 0 aromatic rings. The Morgan fingerprint density at radius 2 is 1.98 bits per heavy atom. The van der Waals surface area contributed by atoms with Crippen molar-refractivity contribution >= 4 is 18.4 Å². The number of aliphatic hydroxyl groups is 1. The molecule has 0 fully saturated rings. The molecule has 3 N–H and O–H groups in total. The van der Waals surface area contributed by atoms with Gasteiger partial charge in [-0.1, -0.05) is 107 Å². The Balaban J connectivity index is 2.90. The summed E-state index contributed by atoms with van der Waals surface area (Å²) in [5, 5.41) is 23.6. The van der Waals surface area contributed by atoms with Crippen LogP contribution in [0.25, 0.3) is 0 Å². The van der Waals surface area contributed by atoms with Gasteiger partial charge in [0.2, 0.25) is 0 Å². The van der Waals surface area contributed by atoms with Crippen LogP contribution >= 0.6 is 0 Å². The predicted molar refractivity (Wildman–Crippen MR) is 175 cm³/mol. The quantitative estimate of drug-likeness (QED) is 0.0572. The van der Waals surface area contributed by atoms with Gasteiger partial charge in [-0.25, -0.2) is 0 Å². The number of rotatable bonds is 21. The summed E-state index contributed by atoms with van der Waals surface area (Å²) < 4.78 is 0. The summed E-state index contributed by atoms with van der Waals surface area (Å²) >= 11 is 0. The number of carboxylic acids is 1. The summed E-state index contributed by atoms with van der Waals surface area (Å²) in [5.41, 5.74) is 2.23. The van der Waals surface area contributed by atoms with E-state index in [0.717, 1.165) is 44.1 Å². The monoisotopic (exact) mass is 561 g/mol. The van der Waals surface area contributed by atoms with E-state index in [4.69, 9.17) is 5.11 Å². The third-order valence-electron chi connectivity index (χ3n) is 6.75. The Morgan fingerprint density at radius 3 is 2.71 bits per heavy atom. The molecule has 1 aliphatic carbocycles. The van der Waals surface area contributed by atoms with Crippen molar-refractivity contribution in [3.63, 3.8) is 0 Å². The molecular formula is C35H51N3O3. The van der Waals surface area contributed by atoms with Crippen molar-refractivity contribution in [2.75, 3.05) is 0 Å². The van der Waals surface area contributed by atoms with Gasteiger partial charge in [0, 0.05) is 36.8 Å². The summed E-state index contributed by atoms with van der Waals surface area (Å²) in [6.07, 6.45) is 36.2. The first-order valence-corrected chi connectivity index (χ1v) is 15.0. The van der Waals surface area contributed by atoms with Gasteiger partial charge >= 0.3 is 5.97 Å². The lowest BCUT2D eigenvalue weighted by atomic mass is 10.0. The molecule has 0 radical (unpaired) electrons. The van der Waals surface area contributed by atoms with E-state index in [-0.39, 0.29) is 17.9 Å². The molecule has 6 heteroatoms. The Labute approximate surface area is 248 Å². The number of aliphatic carboxylic acids is 1. The van der Waals surface area contributed by atoms with E-state index in [1.807, 2.05) is 48.7 Å². The zero-order valence-corrected chi connectivity index (χ0v) is 25.2. The fourth-order valence-electron chi connectivity index (χ4n) is 3.99. The molecule has 0 saturated carbocycles. The van der Waals surface area contributed by atoms with E-state index < -0.39 is 12.2 Å². The van der Waals surface area contributed by atoms with E-state index in [0.29, 0.717) is 19.3 Å². The van der Waals surface area contributed by atoms with Gasteiger partial charge in [-0.05, 0) is 56.1 Å². The Morgan fingerprint density at radius 1 is 1.15 bits per heavy atom. The van der Waals surface area contributed by atoms with Crippen LogP contribution < -0.4 is 5.32 Å². The molecule has 0 amide bonds. The minimum absolute atomic E-state index is 0.0318. The van der Waals surface area contributed by atoms with Gasteiger partial charge in [-0.2, -0.15) is 0 Å². The summed E-state index contributed by atoms with van der Waals surface area (Å²) in [4.78, 5) is 19.8. The standard InChI is InChI=1S/C35H51N3O3/c1-5-8-22-33(23-15-20-30(6-2)7-3)38-34(39)32(24-27-36-25-14-13-17-29(4)35(40)41)21-16-26-37-28-31-18-11-9-10-12-19-31/h6,9-11,15-16,18-20,23-29,32-34,38-39H,2,5,7-8,12-14,17,21-22H2,1,3-4H3,(H,40,41)/b23-15+,26-16+,27-24+,30-20+,36-25?,37-28?. The lowest BCUT2D eigenvalue weighted by molar-refractivity contribution is -0.141. The SMILES string of the molecule is C=C/C(=C\C=C\C(CCCC)NC(O)C(/C=C/N=CCCCC(C)C(=O)O)C/C=C/N=CC1=CCC=CC=C1)CC. The Kier molecular flexibility index (Phi) is 20.3. The molecule has 0 aromatic heterocycles. The molecule has 0 spiro atoms. The van der Waals surface area contributed by atoms with Crippen molar-refractivity contribution in [2.24, 2.45) is 21.8 Å². The van der Waals surface area contributed by atoms with E-state index in [2.05, 4.69) is 60.0 Å². The predicted octanol–water partition coefficient (Wildman–Crippen LogP) is 8.04. The molecule has 0 saturated heterocycles. The number of carbonyl (C=O) groups is 1. The van der Waals surface area contributed by atoms with Crippen LogP contribution in [0.2, 0.25) is 0 Å². The van der Waals surface area contributed by atoms with Crippen molar-refractivity contribution in [1.82, 2.24) is 5.32 Å². The molecule has 0 bridgehead atoms. The maximum atomic E-state index is 11.2. The van der Waals surface area contributed by atoms with E-state index in [1.54, 1.807) is 25.5 Å². The number of carboxylic acid groups (broad SMARTS) is 1. The summed E-state index contributed by atoms with van der Waals surface area (Å²) in [6, 6.07) is 0.0318. The van der Waals surface area contributed by atoms with Gasteiger partial charge in [0.25, 0.3) is 0 Å². The first-order valence-electron chi connectivity index (χ1n) is 15.0. The number of aliphatic hydroxyl groups excluding tert-OH is 1. The second-order valence-electron chi connectivity index (χ2n) is 10.2. The second-order valence-corrected chi connectivity index (χ2v) is 10.2. The Bertz CT molecular complexity index is 1030. The van der Waals surface area contributed by atoms with Gasteiger partial charge in [0.1, 0.15) is 6.23 Å². The van der Waals surface area contributed by atoms with Crippen LogP contribution in [-0.4, -0.2) is 40.9 Å². The molecule has 224 valence electrons. The topological polar surface area (TPSA) is 94.3 Å². The van der Waals surface area contributed by atoms with Crippen LogP contribution in [0.15, 0.2) is 107 Å². The molecule has 0 aromatic carbocycles. The highest BCUT2D eigenvalue weighted by Crippen LogP contribution is 2.14. The number of hydrogen-bond donors (Lipinski definition) is 3. The second kappa shape index (κ2) is 23.4. The number of aliphatic imine (C=N–C) groups is 2. The highest BCUT2D eigenvalue weighted by atomic mass is 16.4. The highest BCUT2D eigenvalue weighted by molar-refractivity contribution is 5.83. The largest absolute Gasteiger partial charge is 0.481 e. The normalized spacial score (nSPS) is 17.6. The molecule has 0 heterocycles. The Hall–Kier alpha value is -3.35. The zero-order chi connectivity index (χ0) is 30.1. The molecule has 1 rings (SSSR count). The van der Waals surface area contributed by atoms with Crippen LogP contribution in [0, 0.1) is 11.8 Å². The summed E-state index contributed by atoms with van der Waals surface area (Å²) in [5.74, 6) is -1.32. The molecular weight excluding hydrogens is 510 g/mol. The van der Waals surface area contributed by atoms with Gasteiger partial charge in [0.15, 0.2) is 0 Å². The van der Waals surface area contributed by atoms with Crippen LogP contribution in [0.5, 0.6) is 0 Å². The number of hydrogen-bond acceptors (Lipinski definition) is 5. The van der Waals surface area contributed by atoms with Crippen LogP contribution in [-0.2, 0) is 4.79 Å². The maximum absolute atomic E-state index is 11.2. The van der Waals surface area contributed by atoms with Crippen molar-refractivity contribution in [1.29, 1.82) is 0 Å². The van der Waals surface area contributed by atoms with E-state index in [9.17, 15) is 9.90 Å². The number of unbranched alkanes of at least 4 members (excludes halogenated alkanes) is 2. The van der Waals surface area contributed by atoms with E-state index in [1.165, 1.54) is 5.57 Å². The van der Waals surface area contributed by atoms with Crippen LogP contribution in [0.1, 0.15) is 78.6 Å². The van der Waals surface area contributed by atoms with Gasteiger partial charge < -0.3 is 10.2 Å². The number of nitrogens with zero attached hydrogens (tertiary/aromatic N) is 2. The first-order chi connectivity index (χ1) is 19.9. The van der Waals surface area contributed by atoms with Crippen LogP contribution in [0.4, 0.5) is 0 Å². The summed E-state index contributed by atoms with van der Waals surface area (Å²) in [6.45, 7) is 9.85. The van der Waals surface area contributed by atoms with Crippen LogP contribution in [0.3, 0.4) is 0 Å². The zero-order valence-electron chi connectivity index (χ0n) is 25.2. The fraction of sp³-hybridized carbons (Fsp3) is 0.457. The average molecular weight is 562 g/mol. The van der Waals surface area contributed by atoms with Crippen molar-refractivity contribution < 1.29 is 15.0 Å². The first kappa shape index (κ1) is 35.7. The summed E-state index contributed by atoms with van der Waals surface area (Å²) in [7, 11) is 0. The molecule has 1 aliphatic rings. The van der Waals surface area contributed by atoms with Gasteiger partial charge in [-0.3, -0.25) is 20.1 Å². The van der Waals surface area contributed by atoms with Gasteiger partial charge in [-0.15, -0.1) is 0 Å². The van der Waals surface area contributed by atoms with Crippen molar-refractivity contribution in [2.45, 2.75) is 90.8 Å². The highest BCUT2D eigenvalue weighted by Gasteiger charge is 2.18. The molecule has 41 heavy (non-hydrogen) atoms. The molecule has 4 unspecified atom stereocenters. The number of allylic oxidation sites excluding steroid dienone is 11.